The molecule has 0 aromatic heterocycles. The first-order chi connectivity index (χ1) is 6.55. The second-order valence-corrected chi connectivity index (χ2v) is 4.40. The fourth-order valence-electron chi connectivity index (χ4n) is 1.95. The van der Waals surface area contributed by atoms with Crippen molar-refractivity contribution in [3.8, 4) is 0 Å². The molecule has 0 unspecified atom stereocenters. The van der Waals surface area contributed by atoms with E-state index in [0.29, 0.717) is 11.4 Å². The Labute approximate surface area is 87.5 Å². The number of halogens is 1. The number of carboxylic acid groups (broad SMARTS) is 1. The number of hydrogen-bond donors (Lipinski definition) is 1. The van der Waals surface area contributed by atoms with Crippen LogP contribution in [0.25, 0.3) is 0 Å². The number of rotatable bonds is 2. The molecule has 14 heavy (non-hydrogen) atoms. The van der Waals surface area contributed by atoms with E-state index in [9.17, 15) is 4.79 Å². The van der Waals surface area contributed by atoms with Gasteiger partial charge in [-0.2, -0.15) is 0 Å². The van der Waals surface area contributed by atoms with Crippen LogP contribution in [0.4, 0.5) is 0 Å². The molecule has 0 amide bonds. The lowest BCUT2D eigenvalue weighted by Gasteiger charge is -2.11. The molecule has 0 aliphatic heterocycles. The quantitative estimate of drug-likeness (QED) is 0.815. The Balaban J connectivity index is 2.34. The molecule has 0 radical (unpaired) electrons. The zero-order valence-electron chi connectivity index (χ0n) is 7.83. The summed E-state index contributed by atoms with van der Waals surface area (Å²) in [7, 11) is 0. The van der Waals surface area contributed by atoms with Crippen LogP contribution in [0.2, 0.25) is 5.02 Å². The number of hydrogen-bond acceptors (Lipinski definition) is 1. The Morgan fingerprint density at radius 1 is 1.57 bits per heavy atom. The van der Waals surface area contributed by atoms with Gasteiger partial charge in [-0.25, -0.2) is 0 Å². The summed E-state index contributed by atoms with van der Waals surface area (Å²) in [4.78, 5) is 10.8. The minimum Gasteiger partial charge on any atom is -0.481 e. The summed E-state index contributed by atoms with van der Waals surface area (Å²) in [6.45, 7) is 1.95. The van der Waals surface area contributed by atoms with E-state index in [0.717, 1.165) is 5.56 Å². The Hall–Kier alpha value is -1.02. The van der Waals surface area contributed by atoms with Crippen molar-refractivity contribution in [3.63, 3.8) is 0 Å². The van der Waals surface area contributed by atoms with Gasteiger partial charge in [0.15, 0.2) is 0 Å². The van der Waals surface area contributed by atoms with Crippen molar-refractivity contribution in [2.45, 2.75) is 18.8 Å². The van der Waals surface area contributed by atoms with Crippen molar-refractivity contribution in [3.05, 3.63) is 34.9 Å². The van der Waals surface area contributed by atoms with Crippen LogP contribution >= 0.6 is 11.6 Å². The number of carboxylic acids is 1. The third-order valence-corrected chi connectivity index (χ3v) is 3.35. The Morgan fingerprint density at radius 2 is 2.21 bits per heavy atom. The van der Waals surface area contributed by atoms with Gasteiger partial charge >= 0.3 is 5.97 Å². The van der Waals surface area contributed by atoms with E-state index in [-0.39, 0.29) is 11.3 Å². The van der Waals surface area contributed by atoms with Crippen LogP contribution in [0, 0.1) is 5.92 Å². The van der Waals surface area contributed by atoms with Gasteiger partial charge in [-0.1, -0.05) is 36.7 Å². The van der Waals surface area contributed by atoms with Crippen LogP contribution in [0.15, 0.2) is 24.3 Å². The lowest BCUT2D eigenvalue weighted by Crippen LogP contribution is -2.11. The smallest absolute Gasteiger partial charge is 0.307 e. The van der Waals surface area contributed by atoms with Crippen LogP contribution in [-0.4, -0.2) is 11.1 Å². The second-order valence-electron chi connectivity index (χ2n) is 3.99. The van der Waals surface area contributed by atoms with Gasteiger partial charge in [-0.05, 0) is 18.1 Å². The normalized spacial score (nSPS) is 30.0. The molecule has 1 fully saturated rings. The van der Waals surface area contributed by atoms with Crippen molar-refractivity contribution in [2.75, 3.05) is 0 Å². The molecule has 1 aliphatic carbocycles. The van der Waals surface area contributed by atoms with Gasteiger partial charge in [0, 0.05) is 10.4 Å². The number of carbonyl (C=O) groups is 1. The van der Waals surface area contributed by atoms with E-state index in [1.165, 1.54) is 0 Å². The van der Waals surface area contributed by atoms with Gasteiger partial charge in [-0.15, -0.1) is 0 Å². The van der Waals surface area contributed by atoms with Gasteiger partial charge in [-0.3, -0.25) is 4.79 Å². The monoisotopic (exact) mass is 210 g/mol. The maximum Gasteiger partial charge on any atom is 0.307 e. The predicted octanol–water partition coefficient (Wildman–Crippen LogP) is 2.70. The molecule has 2 atom stereocenters. The molecule has 0 saturated heterocycles. The average Bonchev–Trinajstić information content (AvgIpc) is 2.80. The largest absolute Gasteiger partial charge is 0.481 e. The first-order valence-corrected chi connectivity index (χ1v) is 4.91. The van der Waals surface area contributed by atoms with E-state index in [2.05, 4.69) is 0 Å². The fourth-order valence-corrected chi connectivity index (χ4v) is 2.30. The Bertz CT molecular complexity index is 389. The van der Waals surface area contributed by atoms with E-state index < -0.39 is 5.97 Å². The summed E-state index contributed by atoms with van der Waals surface area (Å²) >= 11 is 6.03. The van der Waals surface area contributed by atoms with E-state index in [4.69, 9.17) is 16.7 Å². The minimum atomic E-state index is -0.729. The van der Waals surface area contributed by atoms with Crippen molar-refractivity contribution < 1.29 is 9.90 Å². The molecule has 1 aromatic rings. The van der Waals surface area contributed by atoms with Crippen LogP contribution in [0.5, 0.6) is 0 Å². The van der Waals surface area contributed by atoms with E-state index >= 15 is 0 Å². The number of aliphatic carboxylic acids is 1. The highest BCUT2D eigenvalue weighted by Gasteiger charge is 2.56. The van der Waals surface area contributed by atoms with Crippen molar-refractivity contribution >= 4 is 17.6 Å². The van der Waals surface area contributed by atoms with Crippen LogP contribution < -0.4 is 0 Å². The number of benzene rings is 1. The third kappa shape index (κ3) is 1.30. The summed E-state index contributed by atoms with van der Waals surface area (Å²) in [5.74, 6) is -1.00. The Kier molecular flexibility index (Phi) is 2.04. The minimum absolute atomic E-state index is 0.260. The summed E-state index contributed by atoms with van der Waals surface area (Å²) < 4.78 is 0. The van der Waals surface area contributed by atoms with Gasteiger partial charge in [0.05, 0.1) is 5.92 Å². The molecule has 3 heteroatoms. The van der Waals surface area contributed by atoms with Crippen LogP contribution in [0.3, 0.4) is 0 Å². The maximum absolute atomic E-state index is 10.8. The lowest BCUT2D eigenvalue weighted by atomic mass is 9.95. The van der Waals surface area contributed by atoms with Gasteiger partial charge in [0.25, 0.3) is 0 Å². The molecular formula is C11H11ClO2. The second kappa shape index (κ2) is 2.99. The SMILES string of the molecule is C[C@]1(c2ccccc2Cl)C[C@@H]1C(=O)O. The lowest BCUT2D eigenvalue weighted by molar-refractivity contribution is -0.138. The van der Waals surface area contributed by atoms with Crippen LogP contribution in [-0.2, 0) is 10.2 Å². The molecule has 0 bridgehead atoms. The first kappa shape index (κ1) is 9.53. The Morgan fingerprint density at radius 3 is 2.71 bits per heavy atom. The standard InChI is InChI=1S/C11H11ClO2/c1-11(6-8(11)10(13)14)7-4-2-3-5-9(7)12/h2-5,8H,6H2,1H3,(H,13,14)/t8-,11-/m1/s1. The predicted molar refractivity (Wildman–Crippen MR) is 54.5 cm³/mol. The molecule has 2 nitrogen and oxygen atoms in total. The van der Waals surface area contributed by atoms with Crippen molar-refractivity contribution in [1.82, 2.24) is 0 Å². The molecule has 0 spiro atoms. The zero-order valence-corrected chi connectivity index (χ0v) is 8.58. The maximum atomic E-state index is 10.8. The molecular weight excluding hydrogens is 200 g/mol. The van der Waals surface area contributed by atoms with Crippen molar-refractivity contribution in [2.24, 2.45) is 5.92 Å². The first-order valence-electron chi connectivity index (χ1n) is 4.53. The molecule has 0 heterocycles. The average molecular weight is 211 g/mol. The summed E-state index contributed by atoms with van der Waals surface area (Å²) in [5.41, 5.74) is 0.693. The highest BCUT2D eigenvalue weighted by molar-refractivity contribution is 6.31. The molecule has 1 aliphatic rings. The highest BCUT2D eigenvalue weighted by Crippen LogP contribution is 2.55. The van der Waals surface area contributed by atoms with Gasteiger partial charge in [0.2, 0.25) is 0 Å². The third-order valence-electron chi connectivity index (χ3n) is 3.02. The molecule has 1 N–H and O–H groups in total. The molecule has 2 rings (SSSR count). The van der Waals surface area contributed by atoms with Crippen LogP contribution in [0.1, 0.15) is 18.9 Å². The molecule has 74 valence electrons. The van der Waals surface area contributed by atoms with E-state index in [1.807, 2.05) is 25.1 Å². The summed E-state index contributed by atoms with van der Waals surface area (Å²) in [5, 5.41) is 9.56. The topological polar surface area (TPSA) is 37.3 Å². The molecule has 1 saturated carbocycles. The summed E-state index contributed by atoms with van der Waals surface area (Å²) in [6.07, 6.45) is 0.687. The van der Waals surface area contributed by atoms with E-state index in [1.54, 1.807) is 6.07 Å². The molecule has 1 aromatic carbocycles. The summed E-state index contributed by atoms with van der Waals surface area (Å²) in [6, 6.07) is 7.46. The zero-order chi connectivity index (χ0) is 10.3. The highest BCUT2D eigenvalue weighted by atomic mass is 35.5. The van der Waals surface area contributed by atoms with Gasteiger partial charge in [0.1, 0.15) is 0 Å². The van der Waals surface area contributed by atoms with Crippen molar-refractivity contribution in [1.29, 1.82) is 0 Å². The van der Waals surface area contributed by atoms with Gasteiger partial charge < -0.3 is 5.11 Å². The fraction of sp³-hybridized carbons (Fsp3) is 0.364.